The molecule has 10 rings (SSSR count). The lowest BCUT2D eigenvalue weighted by molar-refractivity contribution is 1.17. The van der Waals surface area contributed by atoms with Gasteiger partial charge < -0.3 is 9.47 Å². The average Bonchev–Trinajstić information content (AvgIpc) is 3.78. The molecule has 3 aromatic heterocycles. The van der Waals surface area contributed by atoms with E-state index in [0.717, 1.165) is 22.7 Å². The topological polar surface area (TPSA) is 8.17 Å². The second-order valence-corrected chi connectivity index (χ2v) is 13.9. The second-order valence-electron chi connectivity index (χ2n) is 11.8. The van der Waals surface area contributed by atoms with Gasteiger partial charge in [0.25, 0.3) is 0 Å². The molecular formula is C42H26N2S2. The van der Waals surface area contributed by atoms with Crippen LogP contribution in [0.3, 0.4) is 0 Å². The smallest absolute Gasteiger partial charge is 0.0541 e. The van der Waals surface area contributed by atoms with Crippen LogP contribution in [0, 0.1) is 0 Å². The molecular weight excluding hydrogens is 597 g/mol. The lowest BCUT2D eigenvalue weighted by Crippen LogP contribution is -2.10. The van der Waals surface area contributed by atoms with Crippen LogP contribution in [0.4, 0.5) is 17.1 Å². The monoisotopic (exact) mass is 622 g/mol. The van der Waals surface area contributed by atoms with E-state index >= 15 is 0 Å². The van der Waals surface area contributed by atoms with Gasteiger partial charge in [0.05, 0.1) is 11.0 Å². The summed E-state index contributed by atoms with van der Waals surface area (Å²) >= 11 is 3.72. The van der Waals surface area contributed by atoms with E-state index in [4.69, 9.17) is 0 Å². The summed E-state index contributed by atoms with van der Waals surface area (Å²) in [5, 5.41) is 7.79. The zero-order valence-corrected chi connectivity index (χ0v) is 26.4. The predicted molar refractivity (Wildman–Crippen MR) is 201 cm³/mol. The molecule has 0 radical (unpaired) electrons. The molecule has 0 saturated carbocycles. The normalized spacial score (nSPS) is 11.9. The molecule has 0 unspecified atom stereocenters. The van der Waals surface area contributed by atoms with Crippen LogP contribution < -0.4 is 4.90 Å². The molecule has 0 bridgehead atoms. The Bertz CT molecular complexity index is 2710. The average molecular weight is 623 g/mol. The number of hydrogen-bond acceptors (Lipinski definition) is 3. The van der Waals surface area contributed by atoms with E-state index in [9.17, 15) is 0 Å². The SMILES string of the molecule is c1ccc2c(c1)sc1cc(N(c3ccc(-n4c5ccccc5c5ccccc54)cc3)c3ccc4sc5ccccc5c4c3)ccc12. The minimum Gasteiger partial charge on any atom is -0.310 e. The Morgan fingerprint density at radius 2 is 0.826 bits per heavy atom. The Morgan fingerprint density at radius 3 is 1.52 bits per heavy atom. The summed E-state index contributed by atoms with van der Waals surface area (Å²) in [5.74, 6) is 0. The minimum absolute atomic E-state index is 1.13. The molecule has 0 N–H and O–H groups in total. The Kier molecular flexibility index (Phi) is 5.65. The summed E-state index contributed by atoms with van der Waals surface area (Å²) < 4.78 is 7.64. The van der Waals surface area contributed by atoms with Gasteiger partial charge in [-0.2, -0.15) is 0 Å². The highest BCUT2D eigenvalue weighted by Crippen LogP contribution is 2.43. The number of para-hydroxylation sites is 2. The van der Waals surface area contributed by atoms with Crippen molar-refractivity contribution >= 4 is 102 Å². The summed E-state index contributed by atoms with van der Waals surface area (Å²) in [6, 6.07) is 57.7. The van der Waals surface area contributed by atoms with Crippen LogP contribution in [0.5, 0.6) is 0 Å². The largest absolute Gasteiger partial charge is 0.310 e. The van der Waals surface area contributed by atoms with Crippen molar-refractivity contribution in [3.05, 3.63) is 158 Å². The molecule has 4 heteroatoms. The summed E-state index contributed by atoms with van der Waals surface area (Å²) in [4.78, 5) is 2.41. The van der Waals surface area contributed by atoms with Gasteiger partial charge in [-0.3, -0.25) is 0 Å². The maximum Gasteiger partial charge on any atom is 0.0541 e. The second kappa shape index (κ2) is 10.0. The maximum absolute atomic E-state index is 2.41. The molecule has 0 atom stereocenters. The van der Waals surface area contributed by atoms with E-state index in [2.05, 4.69) is 167 Å². The highest BCUT2D eigenvalue weighted by molar-refractivity contribution is 7.26. The van der Waals surface area contributed by atoms with Gasteiger partial charge in [0.15, 0.2) is 0 Å². The quantitative estimate of drug-likeness (QED) is 0.190. The highest BCUT2D eigenvalue weighted by atomic mass is 32.1. The van der Waals surface area contributed by atoms with Crippen molar-refractivity contribution in [2.24, 2.45) is 0 Å². The summed E-state index contributed by atoms with van der Waals surface area (Å²) in [6.45, 7) is 0. The summed E-state index contributed by atoms with van der Waals surface area (Å²) in [6.07, 6.45) is 0. The zero-order valence-electron chi connectivity index (χ0n) is 24.7. The van der Waals surface area contributed by atoms with Crippen molar-refractivity contribution in [3.8, 4) is 5.69 Å². The molecule has 2 nitrogen and oxygen atoms in total. The molecule has 0 aliphatic carbocycles. The summed E-state index contributed by atoms with van der Waals surface area (Å²) in [7, 11) is 0. The van der Waals surface area contributed by atoms with Crippen molar-refractivity contribution in [1.82, 2.24) is 4.57 Å². The molecule has 216 valence electrons. The molecule has 7 aromatic carbocycles. The van der Waals surface area contributed by atoms with Crippen molar-refractivity contribution in [1.29, 1.82) is 0 Å². The fourth-order valence-electron chi connectivity index (χ4n) is 7.11. The Morgan fingerprint density at radius 1 is 0.348 bits per heavy atom. The number of fused-ring (bicyclic) bond motifs is 9. The van der Waals surface area contributed by atoms with Gasteiger partial charge in [-0.1, -0.05) is 78.9 Å². The van der Waals surface area contributed by atoms with Crippen molar-refractivity contribution in [3.63, 3.8) is 0 Å². The van der Waals surface area contributed by atoms with E-state index in [1.54, 1.807) is 0 Å². The van der Waals surface area contributed by atoms with E-state index in [0.29, 0.717) is 0 Å². The van der Waals surface area contributed by atoms with Gasteiger partial charge in [0.2, 0.25) is 0 Å². The number of aromatic nitrogens is 1. The Balaban J connectivity index is 1.17. The van der Waals surface area contributed by atoms with Crippen molar-refractivity contribution < 1.29 is 0 Å². The van der Waals surface area contributed by atoms with Gasteiger partial charge in [0.1, 0.15) is 0 Å². The van der Waals surface area contributed by atoms with Gasteiger partial charge in [-0.25, -0.2) is 0 Å². The van der Waals surface area contributed by atoms with Gasteiger partial charge >= 0.3 is 0 Å². The molecule has 0 spiro atoms. The molecule has 0 amide bonds. The van der Waals surface area contributed by atoms with Crippen LogP contribution in [0.1, 0.15) is 0 Å². The van der Waals surface area contributed by atoms with Gasteiger partial charge in [0, 0.05) is 73.9 Å². The molecule has 0 saturated heterocycles. The number of nitrogens with zero attached hydrogens (tertiary/aromatic N) is 2. The van der Waals surface area contributed by atoms with Crippen molar-refractivity contribution in [2.45, 2.75) is 0 Å². The first-order valence-electron chi connectivity index (χ1n) is 15.5. The van der Waals surface area contributed by atoms with Crippen LogP contribution in [-0.2, 0) is 0 Å². The first-order valence-corrected chi connectivity index (χ1v) is 17.1. The van der Waals surface area contributed by atoms with Gasteiger partial charge in [-0.15, -0.1) is 22.7 Å². The standard InChI is InChI=1S/C42H26N2S2/c1-5-13-37-31(9-1)32-10-2-6-14-38(32)44(37)28-19-17-27(18-20-28)43(29-22-24-41-36(25-29)34-12-4-8-16-40(34)45-41)30-21-23-35-33-11-3-7-15-39(33)46-42(35)26-30/h1-26H. The van der Waals surface area contributed by atoms with Crippen LogP contribution in [0.15, 0.2) is 158 Å². The lowest BCUT2D eigenvalue weighted by atomic mass is 10.1. The van der Waals surface area contributed by atoms with Crippen LogP contribution in [-0.4, -0.2) is 4.57 Å². The third kappa shape index (κ3) is 3.87. The third-order valence-corrected chi connectivity index (χ3v) is 11.5. The summed E-state index contributed by atoms with van der Waals surface area (Å²) in [5.41, 5.74) is 7.03. The highest BCUT2D eigenvalue weighted by Gasteiger charge is 2.18. The fraction of sp³-hybridized carbons (Fsp3) is 0. The van der Waals surface area contributed by atoms with E-state index in [1.807, 2.05) is 22.7 Å². The number of hydrogen-bond donors (Lipinski definition) is 0. The van der Waals surface area contributed by atoms with Crippen LogP contribution >= 0.6 is 22.7 Å². The van der Waals surface area contributed by atoms with E-state index in [-0.39, 0.29) is 0 Å². The Labute approximate surface area is 273 Å². The zero-order chi connectivity index (χ0) is 30.2. The minimum atomic E-state index is 1.13. The maximum atomic E-state index is 2.41. The number of thiophene rings is 2. The van der Waals surface area contributed by atoms with Crippen LogP contribution in [0.2, 0.25) is 0 Å². The van der Waals surface area contributed by atoms with Crippen molar-refractivity contribution in [2.75, 3.05) is 4.90 Å². The van der Waals surface area contributed by atoms with Gasteiger partial charge in [-0.05, 0) is 78.9 Å². The molecule has 10 aromatic rings. The molecule has 0 aliphatic heterocycles. The Hall–Kier alpha value is -5.42. The fourth-order valence-corrected chi connectivity index (χ4v) is 9.33. The van der Waals surface area contributed by atoms with E-state index in [1.165, 1.54) is 62.2 Å². The predicted octanol–water partition coefficient (Wildman–Crippen LogP) is 13.0. The number of benzene rings is 7. The molecule has 0 fully saturated rings. The molecule has 3 heterocycles. The first-order chi connectivity index (χ1) is 22.8. The third-order valence-electron chi connectivity index (χ3n) is 9.19. The first kappa shape index (κ1) is 25.9. The molecule has 46 heavy (non-hydrogen) atoms. The number of anilines is 3. The van der Waals surface area contributed by atoms with Crippen LogP contribution in [0.25, 0.3) is 67.8 Å². The lowest BCUT2D eigenvalue weighted by Gasteiger charge is -2.26. The number of rotatable bonds is 4. The molecule has 0 aliphatic rings. The van der Waals surface area contributed by atoms with E-state index < -0.39 is 0 Å².